The molecule has 0 aromatic heterocycles. The van der Waals surface area contributed by atoms with Crippen LogP contribution >= 0.6 is 0 Å². The Morgan fingerprint density at radius 1 is 1.44 bits per heavy atom. The van der Waals surface area contributed by atoms with E-state index in [0.717, 1.165) is 17.1 Å². The molecule has 0 spiro atoms. The number of carbonyl (C=O) groups is 3. The highest BCUT2D eigenvalue weighted by Crippen LogP contribution is 2.23. The highest BCUT2D eigenvalue weighted by molar-refractivity contribution is 6.02. The standard InChI is InChI=1S/C10H13NO5/c1-10(2)6-16-9(14)11(10)7(12)4-5-8(13)15-3/h4-5H,6H2,1-3H3/b5-4+. The van der Waals surface area contributed by atoms with Crippen molar-refractivity contribution in [2.75, 3.05) is 13.7 Å². The maximum absolute atomic E-state index is 11.6. The van der Waals surface area contributed by atoms with Gasteiger partial charge >= 0.3 is 12.1 Å². The van der Waals surface area contributed by atoms with Gasteiger partial charge in [0.15, 0.2) is 0 Å². The molecule has 16 heavy (non-hydrogen) atoms. The minimum absolute atomic E-state index is 0.142. The number of imide groups is 1. The number of hydrogen-bond donors (Lipinski definition) is 0. The molecule has 2 amide bonds. The van der Waals surface area contributed by atoms with Crippen LogP contribution in [0.25, 0.3) is 0 Å². The van der Waals surface area contributed by atoms with Crippen LogP contribution in [0.1, 0.15) is 13.8 Å². The molecule has 0 unspecified atom stereocenters. The van der Waals surface area contributed by atoms with Crippen molar-refractivity contribution in [1.29, 1.82) is 0 Å². The lowest BCUT2D eigenvalue weighted by molar-refractivity contribution is -0.135. The Bertz CT molecular complexity index is 358. The van der Waals surface area contributed by atoms with Crippen LogP contribution in [0, 0.1) is 0 Å². The second kappa shape index (κ2) is 4.34. The molecule has 6 heteroatoms. The summed E-state index contributed by atoms with van der Waals surface area (Å²) in [4.78, 5) is 34.6. The lowest BCUT2D eigenvalue weighted by Crippen LogP contribution is -2.45. The number of hydrogen-bond acceptors (Lipinski definition) is 5. The minimum atomic E-state index is -0.704. The van der Waals surface area contributed by atoms with E-state index in [-0.39, 0.29) is 6.61 Å². The third-order valence-corrected chi connectivity index (χ3v) is 2.12. The van der Waals surface area contributed by atoms with E-state index in [0.29, 0.717) is 0 Å². The van der Waals surface area contributed by atoms with Gasteiger partial charge in [-0.1, -0.05) is 0 Å². The van der Waals surface area contributed by atoms with Crippen molar-refractivity contribution < 1.29 is 23.9 Å². The van der Waals surface area contributed by atoms with Crippen LogP contribution in [-0.2, 0) is 19.1 Å². The fourth-order valence-corrected chi connectivity index (χ4v) is 1.28. The molecule has 0 radical (unpaired) electrons. The predicted octanol–water partition coefficient (Wildman–Crippen LogP) is 0.473. The molecule has 1 fully saturated rings. The minimum Gasteiger partial charge on any atom is -0.466 e. The zero-order chi connectivity index (χ0) is 12.3. The number of methoxy groups -OCH3 is 1. The van der Waals surface area contributed by atoms with Crippen LogP contribution < -0.4 is 0 Å². The summed E-state index contributed by atoms with van der Waals surface area (Å²) in [6.45, 7) is 3.53. The molecular weight excluding hydrogens is 214 g/mol. The van der Waals surface area contributed by atoms with E-state index >= 15 is 0 Å². The van der Waals surface area contributed by atoms with E-state index in [4.69, 9.17) is 4.74 Å². The number of cyclic esters (lactones) is 1. The Balaban J connectivity index is 2.77. The Hall–Kier alpha value is -1.85. The number of amides is 2. The first kappa shape index (κ1) is 12.2. The molecule has 1 heterocycles. The number of esters is 1. The summed E-state index contributed by atoms with van der Waals surface area (Å²) < 4.78 is 9.08. The summed E-state index contributed by atoms with van der Waals surface area (Å²) in [5.74, 6) is -1.25. The van der Waals surface area contributed by atoms with Gasteiger partial charge in [-0.05, 0) is 13.8 Å². The molecule has 1 aliphatic heterocycles. The molecule has 6 nitrogen and oxygen atoms in total. The van der Waals surface area contributed by atoms with Gasteiger partial charge in [0.2, 0.25) is 0 Å². The first-order valence-electron chi connectivity index (χ1n) is 4.65. The van der Waals surface area contributed by atoms with Crippen molar-refractivity contribution in [1.82, 2.24) is 4.90 Å². The van der Waals surface area contributed by atoms with Crippen LogP contribution in [0.15, 0.2) is 12.2 Å². The molecule has 1 aliphatic rings. The van der Waals surface area contributed by atoms with Crippen LogP contribution in [0.3, 0.4) is 0 Å². The smallest absolute Gasteiger partial charge is 0.417 e. The monoisotopic (exact) mass is 227 g/mol. The Morgan fingerprint density at radius 3 is 2.50 bits per heavy atom. The fourth-order valence-electron chi connectivity index (χ4n) is 1.28. The molecule has 88 valence electrons. The first-order chi connectivity index (χ1) is 7.38. The maximum Gasteiger partial charge on any atom is 0.417 e. The van der Waals surface area contributed by atoms with Crippen molar-refractivity contribution in [2.45, 2.75) is 19.4 Å². The van der Waals surface area contributed by atoms with E-state index in [1.807, 2.05) is 0 Å². The summed E-state index contributed by atoms with van der Waals surface area (Å²) >= 11 is 0. The predicted molar refractivity (Wildman–Crippen MR) is 53.4 cm³/mol. The zero-order valence-corrected chi connectivity index (χ0v) is 9.35. The van der Waals surface area contributed by atoms with Gasteiger partial charge in [0, 0.05) is 12.2 Å². The average Bonchev–Trinajstić information content (AvgIpc) is 2.49. The lowest BCUT2D eigenvalue weighted by Gasteiger charge is -2.24. The summed E-state index contributed by atoms with van der Waals surface area (Å²) in [6.07, 6.45) is 1.24. The molecule has 0 aliphatic carbocycles. The van der Waals surface area contributed by atoms with E-state index in [1.165, 1.54) is 7.11 Å². The van der Waals surface area contributed by atoms with Gasteiger partial charge in [0.1, 0.15) is 6.61 Å². The molecule has 0 aromatic carbocycles. The number of rotatable bonds is 2. The second-order valence-electron chi connectivity index (χ2n) is 3.90. The average molecular weight is 227 g/mol. The highest BCUT2D eigenvalue weighted by atomic mass is 16.6. The summed E-state index contributed by atoms with van der Waals surface area (Å²) in [7, 11) is 1.20. The van der Waals surface area contributed by atoms with Crippen molar-refractivity contribution in [3.63, 3.8) is 0 Å². The van der Waals surface area contributed by atoms with Gasteiger partial charge in [-0.25, -0.2) is 14.5 Å². The van der Waals surface area contributed by atoms with Gasteiger partial charge in [0.05, 0.1) is 12.6 Å². The van der Waals surface area contributed by atoms with Crippen molar-refractivity contribution in [3.05, 3.63) is 12.2 Å². The zero-order valence-electron chi connectivity index (χ0n) is 9.35. The van der Waals surface area contributed by atoms with E-state index in [9.17, 15) is 14.4 Å². The van der Waals surface area contributed by atoms with Gasteiger partial charge in [0.25, 0.3) is 5.91 Å². The number of carbonyl (C=O) groups excluding carboxylic acids is 3. The molecule has 0 aromatic rings. The Morgan fingerprint density at radius 2 is 2.06 bits per heavy atom. The van der Waals surface area contributed by atoms with E-state index in [2.05, 4.69) is 4.74 Å². The Kier molecular flexibility index (Phi) is 3.31. The third-order valence-electron chi connectivity index (χ3n) is 2.12. The third kappa shape index (κ3) is 2.39. The van der Waals surface area contributed by atoms with Crippen LogP contribution in [-0.4, -0.2) is 42.1 Å². The molecule has 0 bridgehead atoms. The first-order valence-corrected chi connectivity index (χ1v) is 4.65. The van der Waals surface area contributed by atoms with Crippen LogP contribution in [0.2, 0.25) is 0 Å². The van der Waals surface area contributed by atoms with Gasteiger partial charge in [-0.15, -0.1) is 0 Å². The van der Waals surface area contributed by atoms with Crippen LogP contribution in [0.4, 0.5) is 4.79 Å². The van der Waals surface area contributed by atoms with Crippen molar-refractivity contribution >= 4 is 18.0 Å². The molecule has 1 rings (SSSR count). The molecule has 0 atom stereocenters. The van der Waals surface area contributed by atoms with Gasteiger partial charge < -0.3 is 9.47 Å². The summed E-state index contributed by atoms with van der Waals surface area (Å²) in [5.41, 5.74) is -0.700. The summed E-state index contributed by atoms with van der Waals surface area (Å²) in [5, 5.41) is 0. The highest BCUT2D eigenvalue weighted by Gasteiger charge is 2.43. The second-order valence-corrected chi connectivity index (χ2v) is 3.90. The van der Waals surface area contributed by atoms with Gasteiger partial charge in [-0.2, -0.15) is 0 Å². The Labute approximate surface area is 92.8 Å². The molecule has 0 N–H and O–H groups in total. The maximum atomic E-state index is 11.6. The number of nitrogens with zero attached hydrogens (tertiary/aromatic N) is 1. The van der Waals surface area contributed by atoms with E-state index in [1.54, 1.807) is 13.8 Å². The lowest BCUT2D eigenvalue weighted by atomic mass is 10.1. The largest absolute Gasteiger partial charge is 0.466 e. The normalized spacial score (nSPS) is 18.7. The topological polar surface area (TPSA) is 72.9 Å². The molecule has 0 saturated carbocycles. The summed E-state index contributed by atoms with van der Waals surface area (Å²) in [6, 6.07) is 0. The van der Waals surface area contributed by atoms with Crippen molar-refractivity contribution in [3.8, 4) is 0 Å². The van der Waals surface area contributed by atoms with Gasteiger partial charge in [-0.3, -0.25) is 4.79 Å². The number of ether oxygens (including phenoxy) is 2. The fraction of sp³-hybridized carbons (Fsp3) is 0.500. The quantitative estimate of drug-likeness (QED) is 0.506. The molecular formula is C10H13NO5. The SMILES string of the molecule is COC(=O)/C=C/C(=O)N1C(=O)OCC1(C)C. The van der Waals surface area contributed by atoms with Crippen LogP contribution in [0.5, 0.6) is 0 Å². The van der Waals surface area contributed by atoms with E-state index < -0.39 is 23.5 Å². The molecule has 1 saturated heterocycles. The van der Waals surface area contributed by atoms with Crippen molar-refractivity contribution in [2.24, 2.45) is 0 Å².